The van der Waals surface area contributed by atoms with Crippen LogP contribution in [0.25, 0.3) is 0 Å². The molecule has 0 heterocycles. The van der Waals surface area contributed by atoms with E-state index < -0.39 is 0 Å². The standard InChI is InChI=1S/C13H19ClFN/c1-9(2)10(3)7-16-8-11-4-5-12(14)13(15)6-11/h4-6,9-10,16H,7-8H2,1-3H3. The molecule has 0 radical (unpaired) electrons. The van der Waals surface area contributed by atoms with Gasteiger partial charge >= 0.3 is 0 Å². The second-order valence-electron chi connectivity index (χ2n) is 4.60. The van der Waals surface area contributed by atoms with Gasteiger partial charge in [0.2, 0.25) is 0 Å². The molecule has 1 aromatic rings. The number of halogens is 2. The number of benzene rings is 1. The van der Waals surface area contributed by atoms with Crippen LogP contribution in [-0.4, -0.2) is 6.54 Å². The van der Waals surface area contributed by atoms with E-state index in [0.29, 0.717) is 18.4 Å². The first-order valence-electron chi connectivity index (χ1n) is 5.65. The Balaban J connectivity index is 2.40. The lowest BCUT2D eigenvalue weighted by atomic mass is 9.98. The van der Waals surface area contributed by atoms with Crippen molar-refractivity contribution in [3.8, 4) is 0 Å². The Labute approximate surface area is 102 Å². The molecule has 0 aliphatic carbocycles. The van der Waals surface area contributed by atoms with Gasteiger partial charge < -0.3 is 5.32 Å². The van der Waals surface area contributed by atoms with Crippen molar-refractivity contribution in [1.82, 2.24) is 5.32 Å². The van der Waals surface area contributed by atoms with Crippen LogP contribution in [0.3, 0.4) is 0 Å². The van der Waals surface area contributed by atoms with Crippen LogP contribution < -0.4 is 5.32 Å². The summed E-state index contributed by atoms with van der Waals surface area (Å²) in [5, 5.41) is 3.50. The average Bonchev–Trinajstić information content (AvgIpc) is 2.23. The quantitative estimate of drug-likeness (QED) is 0.828. The number of hydrogen-bond donors (Lipinski definition) is 1. The highest BCUT2D eigenvalue weighted by Crippen LogP contribution is 2.15. The van der Waals surface area contributed by atoms with Gasteiger partial charge in [-0.15, -0.1) is 0 Å². The highest BCUT2D eigenvalue weighted by Gasteiger charge is 2.06. The number of nitrogens with one attached hydrogen (secondary N) is 1. The summed E-state index contributed by atoms with van der Waals surface area (Å²) >= 11 is 5.61. The van der Waals surface area contributed by atoms with Crippen LogP contribution in [0.4, 0.5) is 4.39 Å². The van der Waals surface area contributed by atoms with Crippen LogP contribution in [-0.2, 0) is 6.54 Å². The van der Waals surface area contributed by atoms with Gasteiger partial charge in [-0.25, -0.2) is 4.39 Å². The zero-order chi connectivity index (χ0) is 12.1. The molecule has 0 spiro atoms. The Morgan fingerprint density at radius 1 is 1.31 bits per heavy atom. The summed E-state index contributed by atoms with van der Waals surface area (Å²) < 4.78 is 13.1. The van der Waals surface area contributed by atoms with Crippen molar-refractivity contribution < 1.29 is 4.39 Å². The van der Waals surface area contributed by atoms with Crippen LogP contribution in [0.5, 0.6) is 0 Å². The van der Waals surface area contributed by atoms with Gasteiger partial charge in [-0.1, -0.05) is 38.4 Å². The molecule has 0 bridgehead atoms. The first kappa shape index (κ1) is 13.5. The van der Waals surface area contributed by atoms with Gasteiger partial charge in [-0.2, -0.15) is 0 Å². The molecule has 90 valence electrons. The summed E-state index contributed by atoms with van der Waals surface area (Å²) in [4.78, 5) is 0. The van der Waals surface area contributed by atoms with E-state index in [1.807, 2.05) is 6.07 Å². The van der Waals surface area contributed by atoms with Gasteiger partial charge in [-0.05, 0) is 36.1 Å². The predicted octanol–water partition coefficient (Wildman–Crippen LogP) is 3.86. The van der Waals surface area contributed by atoms with Crippen LogP contribution >= 0.6 is 11.6 Å². The second-order valence-corrected chi connectivity index (χ2v) is 5.01. The van der Waals surface area contributed by atoms with E-state index in [1.54, 1.807) is 6.07 Å². The van der Waals surface area contributed by atoms with Gasteiger partial charge in [0.05, 0.1) is 5.02 Å². The molecule has 1 N–H and O–H groups in total. The van der Waals surface area contributed by atoms with Crippen LogP contribution in [0.15, 0.2) is 18.2 Å². The van der Waals surface area contributed by atoms with E-state index in [0.717, 1.165) is 12.1 Å². The third kappa shape index (κ3) is 4.11. The molecule has 1 atom stereocenters. The highest BCUT2D eigenvalue weighted by molar-refractivity contribution is 6.30. The Kier molecular flexibility index (Phi) is 5.23. The maximum absolute atomic E-state index is 13.1. The van der Waals surface area contributed by atoms with Crippen molar-refractivity contribution in [3.63, 3.8) is 0 Å². The number of hydrogen-bond acceptors (Lipinski definition) is 1. The van der Waals surface area contributed by atoms with E-state index in [2.05, 4.69) is 26.1 Å². The van der Waals surface area contributed by atoms with Gasteiger partial charge in [0.25, 0.3) is 0 Å². The molecule has 0 aliphatic rings. The topological polar surface area (TPSA) is 12.0 Å². The van der Waals surface area contributed by atoms with E-state index in [9.17, 15) is 4.39 Å². The normalized spacial score (nSPS) is 13.1. The van der Waals surface area contributed by atoms with Gasteiger partial charge in [0.15, 0.2) is 0 Å². The van der Waals surface area contributed by atoms with Crippen LogP contribution in [0.1, 0.15) is 26.3 Å². The first-order valence-corrected chi connectivity index (χ1v) is 6.03. The molecule has 0 aliphatic heterocycles. The fraction of sp³-hybridized carbons (Fsp3) is 0.538. The Hall–Kier alpha value is -0.600. The van der Waals surface area contributed by atoms with Crippen molar-refractivity contribution in [2.24, 2.45) is 11.8 Å². The minimum Gasteiger partial charge on any atom is -0.312 e. The van der Waals surface area contributed by atoms with Crippen molar-refractivity contribution >= 4 is 11.6 Å². The molecule has 1 nitrogen and oxygen atoms in total. The van der Waals surface area contributed by atoms with E-state index in [-0.39, 0.29) is 10.8 Å². The lowest BCUT2D eigenvalue weighted by Gasteiger charge is -2.16. The van der Waals surface area contributed by atoms with Crippen LogP contribution in [0, 0.1) is 17.7 Å². The average molecular weight is 244 g/mol. The molecule has 16 heavy (non-hydrogen) atoms. The van der Waals surface area contributed by atoms with Crippen molar-refractivity contribution in [1.29, 1.82) is 0 Å². The van der Waals surface area contributed by atoms with E-state index >= 15 is 0 Å². The van der Waals surface area contributed by atoms with Crippen molar-refractivity contribution in [2.75, 3.05) is 6.54 Å². The molecule has 0 saturated heterocycles. The molecule has 0 fully saturated rings. The zero-order valence-electron chi connectivity index (χ0n) is 10.1. The molecular weight excluding hydrogens is 225 g/mol. The SMILES string of the molecule is CC(C)C(C)CNCc1ccc(Cl)c(F)c1. The zero-order valence-corrected chi connectivity index (χ0v) is 10.8. The number of rotatable bonds is 5. The molecule has 0 aromatic heterocycles. The molecule has 1 aromatic carbocycles. The summed E-state index contributed by atoms with van der Waals surface area (Å²) in [6, 6.07) is 4.92. The van der Waals surface area contributed by atoms with E-state index in [4.69, 9.17) is 11.6 Å². The first-order chi connectivity index (χ1) is 7.50. The molecule has 1 unspecified atom stereocenters. The molecule has 0 saturated carbocycles. The summed E-state index contributed by atoms with van der Waals surface area (Å²) in [7, 11) is 0. The van der Waals surface area contributed by atoms with Gasteiger partial charge in [0.1, 0.15) is 5.82 Å². The minimum atomic E-state index is -0.349. The predicted molar refractivity (Wildman–Crippen MR) is 67.1 cm³/mol. The molecule has 3 heteroatoms. The maximum atomic E-state index is 13.1. The fourth-order valence-electron chi connectivity index (χ4n) is 1.33. The summed E-state index contributed by atoms with van der Waals surface area (Å²) in [6.07, 6.45) is 0. The highest BCUT2D eigenvalue weighted by atomic mass is 35.5. The molecular formula is C13H19ClFN. The smallest absolute Gasteiger partial charge is 0.142 e. The summed E-state index contributed by atoms with van der Waals surface area (Å²) in [5.74, 6) is 0.935. The Morgan fingerprint density at radius 2 is 2.00 bits per heavy atom. The summed E-state index contributed by atoms with van der Waals surface area (Å²) in [5.41, 5.74) is 0.929. The second kappa shape index (κ2) is 6.21. The van der Waals surface area contributed by atoms with Gasteiger partial charge in [0, 0.05) is 6.54 Å². The van der Waals surface area contributed by atoms with Crippen molar-refractivity contribution in [3.05, 3.63) is 34.6 Å². The molecule has 0 amide bonds. The monoisotopic (exact) mass is 243 g/mol. The summed E-state index contributed by atoms with van der Waals surface area (Å²) in [6.45, 7) is 8.25. The fourth-order valence-corrected chi connectivity index (χ4v) is 1.45. The van der Waals surface area contributed by atoms with Crippen molar-refractivity contribution in [2.45, 2.75) is 27.3 Å². The lowest BCUT2D eigenvalue weighted by molar-refractivity contribution is 0.392. The van der Waals surface area contributed by atoms with E-state index in [1.165, 1.54) is 6.07 Å². The van der Waals surface area contributed by atoms with Gasteiger partial charge in [-0.3, -0.25) is 0 Å². The Bertz CT molecular complexity index is 339. The largest absolute Gasteiger partial charge is 0.312 e. The lowest BCUT2D eigenvalue weighted by Crippen LogP contribution is -2.23. The minimum absolute atomic E-state index is 0.180. The third-order valence-corrected chi connectivity index (χ3v) is 3.22. The third-order valence-electron chi connectivity index (χ3n) is 2.92. The molecule has 1 rings (SSSR count). The maximum Gasteiger partial charge on any atom is 0.142 e. The van der Waals surface area contributed by atoms with Crippen LogP contribution in [0.2, 0.25) is 5.02 Å². The Morgan fingerprint density at radius 3 is 2.56 bits per heavy atom.